The lowest BCUT2D eigenvalue weighted by Crippen LogP contribution is -2.33. The van der Waals surface area contributed by atoms with Crippen molar-refractivity contribution in [1.29, 1.82) is 0 Å². The fraction of sp³-hybridized carbons (Fsp3) is 0.500. The average Bonchev–Trinajstić information content (AvgIpc) is 2.77. The Bertz CT molecular complexity index is 463. The van der Waals surface area contributed by atoms with Crippen LogP contribution in [-0.2, 0) is 0 Å². The number of hydrogen-bond acceptors (Lipinski definition) is 2. The molecule has 3 nitrogen and oxygen atoms in total. The third-order valence-electron chi connectivity index (χ3n) is 3.61. The molecule has 0 radical (unpaired) electrons. The number of benzene rings is 1. The van der Waals surface area contributed by atoms with Gasteiger partial charge in [0, 0.05) is 19.1 Å². The standard InChI is InChI=1S/C14H19ClN2O.ClH/c1-9-3-4-12(13(15)7-9)14(18)17-6-5-11(8-17)10(2)16;/h3-4,7,10-11H,5-6,8,16H2,1-2H3;1H. The van der Waals surface area contributed by atoms with Crippen LogP contribution in [-0.4, -0.2) is 29.9 Å². The molecule has 0 aliphatic carbocycles. The normalized spacial score (nSPS) is 20.0. The molecule has 2 rings (SSSR count). The molecule has 0 saturated carbocycles. The van der Waals surface area contributed by atoms with Crippen LogP contribution in [0.15, 0.2) is 18.2 Å². The highest BCUT2D eigenvalue weighted by molar-refractivity contribution is 6.33. The van der Waals surface area contributed by atoms with E-state index in [1.54, 1.807) is 6.07 Å². The molecule has 1 fully saturated rings. The minimum Gasteiger partial charge on any atom is -0.338 e. The molecule has 1 saturated heterocycles. The summed E-state index contributed by atoms with van der Waals surface area (Å²) in [6.45, 7) is 5.47. The molecule has 1 aliphatic heterocycles. The number of halogens is 2. The number of carbonyl (C=O) groups excluding carboxylic acids is 1. The summed E-state index contributed by atoms with van der Waals surface area (Å²) < 4.78 is 0. The Hall–Kier alpha value is -0.770. The first kappa shape index (κ1) is 16.3. The van der Waals surface area contributed by atoms with Crippen LogP contribution in [0.2, 0.25) is 5.02 Å². The molecule has 2 unspecified atom stereocenters. The predicted molar refractivity (Wildman–Crippen MR) is 81.1 cm³/mol. The maximum atomic E-state index is 12.3. The van der Waals surface area contributed by atoms with Crippen LogP contribution >= 0.6 is 24.0 Å². The smallest absolute Gasteiger partial charge is 0.255 e. The molecule has 1 aromatic rings. The van der Waals surface area contributed by atoms with Crippen molar-refractivity contribution in [1.82, 2.24) is 4.90 Å². The maximum absolute atomic E-state index is 12.3. The number of nitrogens with two attached hydrogens (primary N) is 1. The Morgan fingerprint density at radius 1 is 1.53 bits per heavy atom. The summed E-state index contributed by atoms with van der Waals surface area (Å²) in [6.07, 6.45) is 0.979. The molecule has 1 amide bonds. The minimum absolute atomic E-state index is 0. The predicted octanol–water partition coefficient (Wildman–Crippen LogP) is 2.88. The first-order valence-corrected chi connectivity index (χ1v) is 6.68. The van der Waals surface area contributed by atoms with Gasteiger partial charge in [0.05, 0.1) is 10.6 Å². The highest BCUT2D eigenvalue weighted by Gasteiger charge is 2.29. The van der Waals surface area contributed by atoms with Gasteiger partial charge in [0.1, 0.15) is 0 Å². The number of amides is 1. The summed E-state index contributed by atoms with van der Waals surface area (Å²) in [5.41, 5.74) is 7.54. The maximum Gasteiger partial charge on any atom is 0.255 e. The van der Waals surface area contributed by atoms with Gasteiger partial charge in [-0.3, -0.25) is 4.79 Å². The molecule has 1 aliphatic rings. The molecule has 0 spiro atoms. The van der Waals surface area contributed by atoms with Crippen LogP contribution in [0.1, 0.15) is 29.3 Å². The Kier molecular flexibility index (Phi) is 5.65. The van der Waals surface area contributed by atoms with Gasteiger partial charge in [-0.05, 0) is 43.9 Å². The Morgan fingerprint density at radius 3 is 2.74 bits per heavy atom. The van der Waals surface area contributed by atoms with E-state index in [1.807, 2.05) is 30.9 Å². The summed E-state index contributed by atoms with van der Waals surface area (Å²) in [6, 6.07) is 5.68. The van der Waals surface area contributed by atoms with Crippen molar-refractivity contribution in [2.45, 2.75) is 26.3 Å². The van der Waals surface area contributed by atoms with E-state index in [2.05, 4.69) is 0 Å². The van der Waals surface area contributed by atoms with Crippen molar-refractivity contribution in [3.05, 3.63) is 34.3 Å². The molecule has 1 aromatic carbocycles. The van der Waals surface area contributed by atoms with Gasteiger partial charge in [-0.15, -0.1) is 12.4 Å². The molecule has 19 heavy (non-hydrogen) atoms. The zero-order valence-corrected chi connectivity index (χ0v) is 12.8. The van der Waals surface area contributed by atoms with Gasteiger partial charge in [0.25, 0.3) is 5.91 Å². The molecule has 5 heteroatoms. The van der Waals surface area contributed by atoms with Crippen molar-refractivity contribution in [2.24, 2.45) is 11.7 Å². The number of rotatable bonds is 2. The largest absolute Gasteiger partial charge is 0.338 e. The summed E-state index contributed by atoms with van der Waals surface area (Å²) in [5, 5.41) is 0.532. The fourth-order valence-electron chi connectivity index (χ4n) is 2.36. The van der Waals surface area contributed by atoms with Crippen LogP contribution in [0.25, 0.3) is 0 Å². The molecular formula is C14H20Cl2N2O. The van der Waals surface area contributed by atoms with E-state index in [-0.39, 0.29) is 24.4 Å². The van der Waals surface area contributed by atoms with Gasteiger partial charge in [-0.1, -0.05) is 17.7 Å². The first-order valence-electron chi connectivity index (χ1n) is 6.30. The fourth-order valence-corrected chi connectivity index (χ4v) is 2.68. The SMILES string of the molecule is Cc1ccc(C(=O)N2CCC(C(C)N)C2)c(Cl)c1.Cl. The van der Waals surface area contributed by atoms with E-state index in [0.717, 1.165) is 25.1 Å². The van der Waals surface area contributed by atoms with Gasteiger partial charge in [-0.2, -0.15) is 0 Å². The molecule has 0 bridgehead atoms. The molecule has 106 valence electrons. The second-order valence-corrected chi connectivity index (χ2v) is 5.55. The van der Waals surface area contributed by atoms with E-state index in [0.29, 0.717) is 16.5 Å². The Balaban J connectivity index is 0.00000180. The van der Waals surface area contributed by atoms with Crippen molar-refractivity contribution >= 4 is 29.9 Å². The Morgan fingerprint density at radius 2 is 2.21 bits per heavy atom. The third kappa shape index (κ3) is 3.62. The number of likely N-dealkylation sites (tertiary alicyclic amines) is 1. The van der Waals surface area contributed by atoms with E-state index in [1.165, 1.54) is 0 Å². The lowest BCUT2D eigenvalue weighted by molar-refractivity contribution is 0.0786. The molecule has 2 N–H and O–H groups in total. The van der Waals surface area contributed by atoms with Gasteiger partial charge >= 0.3 is 0 Å². The highest BCUT2D eigenvalue weighted by atomic mass is 35.5. The molecular weight excluding hydrogens is 283 g/mol. The Labute approximate surface area is 125 Å². The van der Waals surface area contributed by atoms with E-state index < -0.39 is 0 Å². The van der Waals surface area contributed by atoms with Crippen LogP contribution in [0.3, 0.4) is 0 Å². The summed E-state index contributed by atoms with van der Waals surface area (Å²) in [7, 11) is 0. The van der Waals surface area contributed by atoms with Crippen LogP contribution in [0.5, 0.6) is 0 Å². The number of aryl methyl sites for hydroxylation is 1. The molecule has 0 aromatic heterocycles. The highest BCUT2D eigenvalue weighted by Crippen LogP contribution is 2.24. The monoisotopic (exact) mass is 302 g/mol. The van der Waals surface area contributed by atoms with Crippen molar-refractivity contribution in [2.75, 3.05) is 13.1 Å². The summed E-state index contributed by atoms with van der Waals surface area (Å²) in [5.74, 6) is 0.418. The lowest BCUT2D eigenvalue weighted by atomic mass is 10.0. The average molecular weight is 303 g/mol. The topological polar surface area (TPSA) is 46.3 Å². The zero-order valence-electron chi connectivity index (χ0n) is 11.2. The quantitative estimate of drug-likeness (QED) is 0.913. The van der Waals surface area contributed by atoms with E-state index in [9.17, 15) is 4.79 Å². The van der Waals surface area contributed by atoms with E-state index in [4.69, 9.17) is 17.3 Å². The van der Waals surface area contributed by atoms with Crippen molar-refractivity contribution < 1.29 is 4.79 Å². The van der Waals surface area contributed by atoms with Crippen LogP contribution < -0.4 is 5.73 Å². The van der Waals surface area contributed by atoms with Crippen molar-refractivity contribution in [3.8, 4) is 0 Å². The van der Waals surface area contributed by atoms with E-state index >= 15 is 0 Å². The lowest BCUT2D eigenvalue weighted by Gasteiger charge is -2.18. The second-order valence-electron chi connectivity index (χ2n) is 5.14. The van der Waals surface area contributed by atoms with Crippen LogP contribution in [0.4, 0.5) is 0 Å². The van der Waals surface area contributed by atoms with Gasteiger partial charge < -0.3 is 10.6 Å². The minimum atomic E-state index is 0. The molecule has 2 atom stereocenters. The van der Waals surface area contributed by atoms with Gasteiger partial charge in [-0.25, -0.2) is 0 Å². The van der Waals surface area contributed by atoms with Crippen molar-refractivity contribution in [3.63, 3.8) is 0 Å². The summed E-state index contributed by atoms with van der Waals surface area (Å²) in [4.78, 5) is 14.2. The number of nitrogens with zero attached hydrogens (tertiary/aromatic N) is 1. The second kappa shape index (κ2) is 6.60. The van der Waals surface area contributed by atoms with Crippen LogP contribution in [0, 0.1) is 12.8 Å². The molecule has 1 heterocycles. The first-order chi connectivity index (χ1) is 8.49. The van der Waals surface area contributed by atoms with Gasteiger partial charge in [0.15, 0.2) is 0 Å². The summed E-state index contributed by atoms with van der Waals surface area (Å²) >= 11 is 6.13. The zero-order chi connectivity index (χ0) is 13.3. The number of carbonyl (C=O) groups is 1. The van der Waals surface area contributed by atoms with Gasteiger partial charge in [0.2, 0.25) is 0 Å². The number of hydrogen-bond donors (Lipinski definition) is 1. The third-order valence-corrected chi connectivity index (χ3v) is 3.92.